The Labute approximate surface area is 236 Å². The van der Waals surface area contributed by atoms with Gasteiger partial charge in [0.05, 0.1) is 22.5 Å². The molecule has 0 fully saturated rings. The van der Waals surface area contributed by atoms with E-state index in [1.165, 1.54) is 13.8 Å². The third-order valence-corrected chi connectivity index (χ3v) is 9.78. The van der Waals surface area contributed by atoms with Crippen LogP contribution >= 0.6 is 0 Å². The third kappa shape index (κ3) is 3.72. The van der Waals surface area contributed by atoms with Crippen molar-refractivity contribution in [3.8, 4) is 0 Å². The standard InChI is InChI=1S/C32H40N4O4/c1-15-31(5,6)21-11-19(23(33-17(3)37)13-25(21)35(15)9)27-29(39)28(30(27)40)20-12-22-26(14-24(20)34-18(4)38)36(10)16(2)32(22,7)8/h11-16,39-40H,1-10H3,(H,33,37)(H,34,38). The van der Waals surface area contributed by atoms with Gasteiger partial charge in [-0.1, -0.05) is 27.7 Å². The van der Waals surface area contributed by atoms with Gasteiger partial charge in [0.25, 0.3) is 0 Å². The molecule has 0 saturated heterocycles. The molecular formula is C32H40N4O4. The molecule has 0 saturated carbocycles. The SMILES string of the molecule is CC(=O)Nc1cc2c(cc1C1=C(O)C(c3cc4c(cc3NC(C)=O)N(C)C(C)C4(C)C)=C1O)C(C)(C)C(C)N2C. The van der Waals surface area contributed by atoms with Crippen molar-refractivity contribution in [3.63, 3.8) is 0 Å². The van der Waals surface area contributed by atoms with Crippen LogP contribution in [0.3, 0.4) is 0 Å². The molecule has 40 heavy (non-hydrogen) atoms. The molecule has 5 rings (SSSR count). The predicted octanol–water partition coefficient (Wildman–Crippen LogP) is 6.09. The van der Waals surface area contributed by atoms with Gasteiger partial charge in [0.1, 0.15) is 11.5 Å². The van der Waals surface area contributed by atoms with E-state index in [1.54, 1.807) is 0 Å². The maximum absolute atomic E-state index is 12.2. The second-order valence-corrected chi connectivity index (χ2v) is 12.7. The van der Waals surface area contributed by atoms with E-state index in [4.69, 9.17) is 0 Å². The lowest BCUT2D eigenvalue weighted by atomic mass is 9.76. The van der Waals surface area contributed by atoms with Crippen molar-refractivity contribution in [3.05, 3.63) is 58.0 Å². The summed E-state index contributed by atoms with van der Waals surface area (Å²) in [7, 11) is 4.06. The van der Waals surface area contributed by atoms with Gasteiger partial charge in [0.2, 0.25) is 11.8 Å². The molecule has 2 aromatic carbocycles. The number of carbonyl (C=O) groups is 2. The highest BCUT2D eigenvalue weighted by atomic mass is 16.3. The minimum Gasteiger partial charge on any atom is -0.506 e. The van der Waals surface area contributed by atoms with Crippen LogP contribution in [0.5, 0.6) is 0 Å². The van der Waals surface area contributed by atoms with Crippen LogP contribution in [-0.2, 0) is 20.4 Å². The fraction of sp³-hybridized carbons (Fsp3) is 0.438. The first-order chi connectivity index (χ1) is 18.5. The zero-order valence-corrected chi connectivity index (χ0v) is 25.1. The van der Waals surface area contributed by atoms with Crippen LogP contribution in [-0.4, -0.2) is 48.2 Å². The number of nitrogens with one attached hydrogen (secondary N) is 2. The van der Waals surface area contributed by atoms with E-state index in [2.05, 4.69) is 62.0 Å². The summed E-state index contributed by atoms with van der Waals surface area (Å²) in [5, 5.41) is 28.9. The number of hydrogen-bond acceptors (Lipinski definition) is 6. The number of hydrogen-bond donors (Lipinski definition) is 4. The minimum absolute atomic E-state index is 0.0787. The molecule has 0 bridgehead atoms. The van der Waals surface area contributed by atoms with E-state index in [1.807, 2.05) is 38.4 Å². The Bertz CT molecular complexity index is 1420. The zero-order chi connectivity index (χ0) is 29.6. The lowest BCUT2D eigenvalue weighted by molar-refractivity contribution is -0.115. The molecule has 2 atom stereocenters. The summed E-state index contributed by atoms with van der Waals surface area (Å²) in [6.07, 6.45) is 0. The number of allylic oxidation sites excluding steroid dienone is 2. The lowest BCUT2D eigenvalue weighted by Crippen LogP contribution is -2.36. The molecule has 2 aliphatic heterocycles. The summed E-state index contributed by atoms with van der Waals surface area (Å²) in [6.45, 7) is 15.9. The van der Waals surface area contributed by atoms with Gasteiger partial charge in [-0.25, -0.2) is 0 Å². The topological polar surface area (TPSA) is 105 Å². The highest BCUT2D eigenvalue weighted by Gasteiger charge is 2.44. The number of aliphatic hydroxyl groups is 2. The normalized spacial score (nSPS) is 22.2. The summed E-state index contributed by atoms with van der Waals surface area (Å²) in [6, 6.07) is 8.19. The molecule has 1 aliphatic carbocycles. The van der Waals surface area contributed by atoms with Crippen LogP contribution in [0.1, 0.15) is 77.6 Å². The average Bonchev–Trinajstić information content (AvgIpc) is 3.13. The number of benzene rings is 2. The molecule has 2 unspecified atom stereocenters. The van der Waals surface area contributed by atoms with Gasteiger partial charge in [-0.3, -0.25) is 9.59 Å². The Morgan fingerprint density at radius 1 is 0.700 bits per heavy atom. The van der Waals surface area contributed by atoms with Gasteiger partial charge in [0, 0.05) is 73.4 Å². The first-order valence-corrected chi connectivity index (χ1v) is 13.8. The molecule has 0 aromatic heterocycles. The number of carbonyl (C=O) groups excluding carboxylic acids is 2. The molecular weight excluding hydrogens is 504 g/mol. The Hall–Kier alpha value is -3.94. The largest absolute Gasteiger partial charge is 0.506 e. The Kier molecular flexibility index (Phi) is 6.06. The Morgan fingerprint density at radius 3 is 1.32 bits per heavy atom. The van der Waals surface area contributed by atoms with E-state index in [0.717, 1.165) is 22.5 Å². The fourth-order valence-electron chi connectivity index (χ4n) is 6.55. The average molecular weight is 545 g/mol. The first kappa shape index (κ1) is 27.6. The van der Waals surface area contributed by atoms with Crippen molar-refractivity contribution in [2.75, 3.05) is 34.5 Å². The van der Waals surface area contributed by atoms with E-state index >= 15 is 0 Å². The monoisotopic (exact) mass is 544 g/mol. The second kappa shape index (κ2) is 8.78. The van der Waals surface area contributed by atoms with Gasteiger partial charge in [-0.05, 0) is 49.2 Å². The maximum Gasteiger partial charge on any atom is 0.221 e. The van der Waals surface area contributed by atoms with Gasteiger partial charge >= 0.3 is 0 Å². The van der Waals surface area contributed by atoms with Crippen LogP contribution in [0.4, 0.5) is 22.7 Å². The number of fused-ring (bicyclic) bond motifs is 2. The first-order valence-electron chi connectivity index (χ1n) is 13.8. The maximum atomic E-state index is 12.2. The van der Waals surface area contributed by atoms with E-state index in [-0.39, 0.29) is 57.4 Å². The van der Waals surface area contributed by atoms with Crippen LogP contribution in [0, 0.1) is 0 Å². The number of likely N-dealkylation sites (N-methyl/N-ethyl adjacent to an activating group) is 2. The molecule has 2 amide bonds. The lowest BCUT2D eigenvalue weighted by Gasteiger charge is -2.30. The number of rotatable bonds is 4. The second-order valence-electron chi connectivity index (χ2n) is 12.7. The molecule has 8 heteroatoms. The fourth-order valence-corrected chi connectivity index (χ4v) is 6.55. The highest BCUT2D eigenvalue weighted by molar-refractivity contribution is 6.12. The van der Waals surface area contributed by atoms with Crippen LogP contribution in [0.25, 0.3) is 11.1 Å². The van der Waals surface area contributed by atoms with Crippen LogP contribution in [0.2, 0.25) is 0 Å². The molecule has 2 aromatic rings. The van der Waals surface area contributed by atoms with E-state index in [0.29, 0.717) is 22.5 Å². The summed E-state index contributed by atoms with van der Waals surface area (Å²) in [4.78, 5) is 28.7. The summed E-state index contributed by atoms with van der Waals surface area (Å²) in [5.74, 6) is -0.649. The molecule has 3 aliphatic rings. The third-order valence-electron chi connectivity index (χ3n) is 9.78. The summed E-state index contributed by atoms with van der Waals surface area (Å²) in [5.41, 5.74) is 6.46. The Balaban J connectivity index is 1.68. The van der Waals surface area contributed by atoms with Gasteiger partial charge in [0.15, 0.2) is 0 Å². The van der Waals surface area contributed by atoms with Gasteiger partial charge in [-0.2, -0.15) is 0 Å². The van der Waals surface area contributed by atoms with Crippen molar-refractivity contribution in [2.45, 2.75) is 78.3 Å². The van der Waals surface area contributed by atoms with E-state index in [9.17, 15) is 19.8 Å². The zero-order valence-electron chi connectivity index (χ0n) is 25.1. The number of amides is 2. The van der Waals surface area contributed by atoms with Crippen molar-refractivity contribution in [2.24, 2.45) is 0 Å². The number of aliphatic hydroxyl groups excluding tert-OH is 2. The number of anilines is 4. The number of nitrogens with zero attached hydrogens (tertiary/aromatic N) is 2. The van der Waals surface area contributed by atoms with Crippen molar-refractivity contribution < 1.29 is 19.8 Å². The summed E-state index contributed by atoms with van der Waals surface area (Å²) < 4.78 is 0. The quantitative estimate of drug-likeness (QED) is 0.371. The van der Waals surface area contributed by atoms with Crippen LogP contribution in [0.15, 0.2) is 35.8 Å². The molecule has 212 valence electrons. The smallest absolute Gasteiger partial charge is 0.221 e. The summed E-state index contributed by atoms with van der Waals surface area (Å²) >= 11 is 0. The molecule has 0 spiro atoms. The minimum atomic E-state index is -0.246. The van der Waals surface area contributed by atoms with Crippen LogP contribution < -0.4 is 20.4 Å². The molecule has 8 nitrogen and oxygen atoms in total. The van der Waals surface area contributed by atoms with Gasteiger partial charge in [-0.15, -0.1) is 0 Å². The van der Waals surface area contributed by atoms with E-state index < -0.39 is 0 Å². The molecule has 0 radical (unpaired) electrons. The van der Waals surface area contributed by atoms with Gasteiger partial charge < -0.3 is 30.6 Å². The molecule has 4 N–H and O–H groups in total. The Morgan fingerprint density at radius 2 is 1.02 bits per heavy atom. The van der Waals surface area contributed by atoms with Crippen molar-refractivity contribution in [1.82, 2.24) is 0 Å². The highest BCUT2D eigenvalue weighted by Crippen LogP contribution is 2.54. The van der Waals surface area contributed by atoms with Crippen molar-refractivity contribution in [1.29, 1.82) is 0 Å². The molecule has 2 heterocycles. The van der Waals surface area contributed by atoms with Crippen molar-refractivity contribution >= 4 is 45.7 Å². The predicted molar refractivity (Wildman–Crippen MR) is 162 cm³/mol.